The van der Waals surface area contributed by atoms with E-state index in [4.69, 9.17) is 5.73 Å². The van der Waals surface area contributed by atoms with Crippen molar-refractivity contribution in [2.75, 3.05) is 5.73 Å². The molecule has 1 saturated carbocycles. The van der Waals surface area contributed by atoms with Crippen molar-refractivity contribution in [1.29, 1.82) is 0 Å². The number of anilines is 1. The average Bonchev–Trinajstić information content (AvgIpc) is 3.21. The highest BCUT2D eigenvalue weighted by Gasteiger charge is 2.26. The van der Waals surface area contributed by atoms with Gasteiger partial charge in [0.15, 0.2) is 0 Å². The molecule has 0 aromatic heterocycles. The normalized spacial score (nSPS) is 15.4. The summed E-state index contributed by atoms with van der Waals surface area (Å²) >= 11 is 0. The second-order valence-corrected chi connectivity index (χ2v) is 5.27. The van der Waals surface area contributed by atoms with Crippen molar-refractivity contribution in [2.45, 2.75) is 44.7 Å². The van der Waals surface area contributed by atoms with Gasteiger partial charge in [-0.25, -0.2) is 0 Å². The van der Waals surface area contributed by atoms with Gasteiger partial charge in [0.05, 0.1) is 0 Å². The number of aryl methyl sites for hydroxylation is 1. The van der Waals surface area contributed by atoms with E-state index in [-0.39, 0.29) is 11.8 Å². The number of rotatable bonds is 6. The molecule has 1 atom stereocenters. The van der Waals surface area contributed by atoms with Crippen molar-refractivity contribution in [1.82, 2.24) is 10.6 Å². The first-order valence-electron chi connectivity index (χ1n) is 6.99. The lowest BCUT2D eigenvalue weighted by atomic mass is 10.1. The van der Waals surface area contributed by atoms with Gasteiger partial charge in [0.1, 0.15) is 6.04 Å². The van der Waals surface area contributed by atoms with Crippen molar-refractivity contribution in [3.8, 4) is 0 Å². The fraction of sp³-hybridized carbons (Fsp3) is 0.467. The Bertz CT molecular complexity index is 498. The van der Waals surface area contributed by atoms with Gasteiger partial charge in [-0.05, 0) is 37.8 Å². The number of hydrogen-bond donors (Lipinski definition) is 3. The number of carbonyl (C=O) groups is 2. The molecule has 0 heterocycles. The minimum Gasteiger partial charge on any atom is -0.399 e. The lowest BCUT2D eigenvalue weighted by Crippen LogP contribution is -2.45. The van der Waals surface area contributed by atoms with Crippen LogP contribution in [0.4, 0.5) is 5.69 Å². The molecule has 5 heteroatoms. The van der Waals surface area contributed by atoms with E-state index in [1.165, 1.54) is 0 Å². The predicted molar refractivity (Wildman–Crippen MR) is 77.9 cm³/mol. The van der Waals surface area contributed by atoms with Crippen LogP contribution in [-0.2, 0) is 16.0 Å². The lowest BCUT2D eigenvalue weighted by Gasteiger charge is -2.14. The van der Waals surface area contributed by atoms with Crippen molar-refractivity contribution in [3.63, 3.8) is 0 Å². The molecule has 20 heavy (non-hydrogen) atoms. The molecule has 1 aliphatic rings. The summed E-state index contributed by atoms with van der Waals surface area (Å²) in [6.45, 7) is 1.70. The number of carbonyl (C=O) groups excluding carboxylic acids is 2. The highest BCUT2D eigenvalue weighted by atomic mass is 16.2. The molecule has 0 bridgehead atoms. The van der Waals surface area contributed by atoms with Crippen molar-refractivity contribution in [3.05, 3.63) is 29.8 Å². The van der Waals surface area contributed by atoms with Crippen LogP contribution in [-0.4, -0.2) is 23.9 Å². The van der Waals surface area contributed by atoms with E-state index in [9.17, 15) is 9.59 Å². The van der Waals surface area contributed by atoms with Gasteiger partial charge in [-0.15, -0.1) is 0 Å². The Balaban J connectivity index is 1.74. The summed E-state index contributed by atoms with van der Waals surface area (Å²) in [5.41, 5.74) is 7.47. The maximum absolute atomic E-state index is 11.8. The van der Waals surface area contributed by atoms with Gasteiger partial charge in [-0.2, -0.15) is 0 Å². The summed E-state index contributed by atoms with van der Waals surface area (Å²) in [5.74, 6) is -0.244. The molecule has 0 aliphatic heterocycles. The lowest BCUT2D eigenvalue weighted by molar-refractivity contribution is -0.128. The van der Waals surface area contributed by atoms with Crippen LogP contribution in [0.15, 0.2) is 24.3 Å². The molecule has 0 radical (unpaired) electrons. The van der Waals surface area contributed by atoms with Crippen molar-refractivity contribution >= 4 is 17.5 Å². The zero-order valence-electron chi connectivity index (χ0n) is 11.7. The number of nitrogens with two attached hydrogens (primary N) is 1. The summed E-state index contributed by atoms with van der Waals surface area (Å²) in [7, 11) is 0. The number of hydrogen-bond acceptors (Lipinski definition) is 3. The second-order valence-electron chi connectivity index (χ2n) is 5.27. The molecule has 5 nitrogen and oxygen atoms in total. The molecule has 0 spiro atoms. The molecule has 2 amide bonds. The van der Waals surface area contributed by atoms with Crippen molar-refractivity contribution < 1.29 is 9.59 Å². The molecule has 4 N–H and O–H groups in total. The highest BCUT2D eigenvalue weighted by Crippen LogP contribution is 2.18. The summed E-state index contributed by atoms with van der Waals surface area (Å²) < 4.78 is 0. The molecule has 0 saturated heterocycles. The van der Waals surface area contributed by atoms with Crippen LogP contribution in [0.5, 0.6) is 0 Å². The molecule has 1 aromatic rings. The SMILES string of the molecule is CC(NC(=O)CCc1ccccc1N)C(=O)NC1CC1. The molecule has 108 valence electrons. The largest absolute Gasteiger partial charge is 0.399 e. The zero-order chi connectivity index (χ0) is 14.5. The third-order valence-corrected chi connectivity index (χ3v) is 3.37. The first-order valence-corrected chi connectivity index (χ1v) is 6.99. The molecular formula is C15H21N3O2. The van der Waals surface area contributed by atoms with Gasteiger partial charge in [-0.1, -0.05) is 18.2 Å². The van der Waals surface area contributed by atoms with Crippen LogP contribution in [0.25, 0.3) is 0 Å². The fourth-order valence-corrected chi connectivity index (χ4v) is 1.94. The Morgan fingerprint density at radius 3 is 2.70 bits per heavy atom. The number of nitrogens with one attached hydrogen (secondary N) is 2. The number of para-hydroxylation sites is 1. The molecular weight excluding hydrogens is 254 g/mol. The Kier molecular flexibility index (Phi) is 4.61. The van der Waals surface area contributed by atoms with E-state index in [0.29, 0.717) is 24.6 Å². The van der Waals surface area contributed by atoms with Gasteiger partial charge in [0.2, 0.25) is 11.8 Å². The highest BCUT2D eigenvalue weighted by molar-refractivity contribution is 5.87. The Hall–Kier alpha value is -2.04. The van der Waals surface area contributed by atoms with Crippen LogP contribution >= 0.6 is 0 Å². The molecule has 1 aliphatic carbocycles. The van der Waals surface area contributed by atoms with Crippen LogP contribution in [0.2, 0.25) is 0 Å². The van der Waals surface area contributed by atoms with Crippen LogP contribution in [0.1, 0.15) is 31.7 Å². The first kappa shape index (κ1) is 14.4. The minimum atomic E-state index is -0.490. The zero-order valence-corrected chi connectivity index (χ0v) is 11.7. The molecule has 1 aromatic carbocycles. The van der Waals surface area contributed by atoms with Gasteiger partial charge >= 0.3 is 0 Å². The Labute approximate surface area is 118 Å². The van der Waals surface area contributed by atoms with Crippen LogP contribution < -0.4 is 16.4 Å². The number of nitrogen functional groups attached to an aromatic ring is 1. The maximum Gasteiger partial charge on any atom is 0.242 e. The standard InChI is InChI=1S/C15H21N3O2/c1-10(15(20)18-12-7-8-12)17-14(19)9-6-11-4-2-3-5-13(11)16/h2-5,10,12H,6-9,16H2,1H3,(H,17,19)(H,18,20). The molecule has 1 unspecified atom stereocenters. The van der Waals surface area contributed by atoms with E-state index in [1.807, 2.05) is 24.3 Å². The average molecular weight is 275 g/mol. The molecule has 2 rings (SSSR count). The van der Waals surface area contributed by atoms with E-state index < -0.39 is 6.04 Å². The Morgan fingerprint density at radius 2 is 2.05 bits per heavy atom. The summed E-state index contributed by atoms with van der Waals surface area (Å²) in [4.78, 5) is 23.5. The van der Waals surface area contributed by atoms with Crippen LogP contribution in [0, 0.1) is 0 Å². The van der Waals surface area contributed by atoms with Crippen molar-refractivity contribution in [2.24, 2.45) is 0 Å². The van der Waals surface area contributed by atoms with Gasteiger partial charge < -0.3 is 16.4 Å². The molecule has 1 fully saturated rings. The Morgan fingerprint density at radius 1 is 1.35 bits per heavy atom. The smallest absolute Gasteiger partial charge is 0.242 e. The third-order valence-electron chi connectivity index (χ3n) is 3.37. The quantitative estimate of drug-likeness (QED) is 0.677. The summed E-state index contributed by atoms with van der Waals surface area (Å²) in [6.07, 6.45) is 2.99. The van der Waals surface area contributed by atoms with E-state index in [2.05, 4.69) is 10.6 Å². The van der Waals surface area contributed by atoms with Gasteiger partial charge in [0, 0.05) is 18.2 Å². The third kappa shape index (κ3) is 4.26. The maximum atomic E-state index is 11.8. The van der Waals surface area contributed by atoms with Gasteiger partial charge in [0.25, 0.3) is 0 Å². The topological polar surface area (TPSA) is 84.2 Å². The van der Waals surface area contributed by atoms with E-state index in [0.717, 1.165) is 18.4 Å². The van der Waals surface area contributed by atoms with Crippen LogP contribution in [0.3, 0.4) is 0 Å². The van der Waals surface area contributed by atoms with E-state index >= 15 is 0 Å². The van der Waals surface area contributed by atoms with E-state index in [1.54, 1.807) is 6.92 Å². The number of benzene rings is 1. The predicted octanol–water partition coefficient (Wildman–Crippen LogP) is 0.985. The summed E-state index contributed by atoms with van der Waals surface area (Å²) in [6, 6.07) is 7.31. The fourth-order valence-electron chi connectivity index (χ4n) is 1.94. The van der Waals surface area contributed by atoms with Gasteiger partial charge in [-0.3, -0.25) is 9.59 Å². The monoisotopic (exact) mass is 275 g/mol. The second kappa shape index (κ2) is 6.41. The first-order chi connectivity index (χ1) is 9.56. The minimum absolute atomic E-state index is 0.111. The number of amides is 2. The summed E-state index contributed by atoms with van der Waals surface area (Å²) in [5, 5.41) is 5.58.